The number of Topliss-reactive ketones (excluding diaryl/α,β-unsaturated/α-hetero) is 1. The van der Waals surface area contributed by atoms with Gasteiger partial charge in [-0.05, 0) is 43.4 Å². The maximum absolute atomic E-state index is 12.3. The second-order valence-electron chi connectivity index (χ2n) is 5.94. The Morgan fingerprint density at radius 3 is 2.85 bits per heavy atom. The molecule has 2 heteroatoms. The van der Waals surface area contributed by atoms with E-state index >= 15 is 0 Å². The molecular weight excluding hydrogens is 248 g/mol. The Balaban J connectivity index is 1.79. The standard InChI is InChI=1S/C18H26O2/c1-3-15-8-4-5-10-17(15)18(19)11-12-20-16-9-6-7-14(2)13-16/h6-7,9,13,15,17H,3-5,8,10-12H2,1-2H3. The Bertz CT molecular complexity index is 439. The molecule has 0 aliphatic heterocycles. The van der Waals surface area contributed by atoms with Crippen molar-refractivity contribution in [2.45, 2.75) is 52.4 Å². The monoisotopic (exact) mass is 274 g/mol. The molecule has 0 aromatic heterocycles. The molecule has 0 amide bonds. The molecule has 0 bridgehead atoms. The summed E-state index contributed by atoms with van der Waals surface area (Å²) < 4.78 is 5.70. The number of hydrogen-bond acceptors (Lipinski definition) is 2. The highest BCUT2D eigenvalue weighted by molar-refractivity contribution is 5.81. The van der Waals surface area contributed by atoms with Crippen LogP contribution in [-0.2, 0) is 4.79 Å². The van der Waals surface area contributed by atoms with E-state index in [0.717, 1.165) is 18.6 Å². The van der Waals surface area contributed by atoms with Crippen molar-refractivity contribution in [1.29, 1.82) is 0 Å². The molecule has 1 saturated carbocycles. The first-order valence-corrected chi connectivity index (χ1v) is 7.93. The second kappa shape index (κ2) is 7.47. The molecule has 0 spiro atoms. The molecule has 2 unspecified atom stereocenters. The van der Waals surface area contributed by atoms with Gasteiger partial charge < -0.3 is 4.74 Å². The van der Waals surface area contributed by atoms with Crippen molar-refractivity contribution in [3.8, 4) is 5.75 Å². The van der Waals surface area contributed by atoms with Gasteiger partial charge in [-0.3, -0.25) is 4.79 Å². The molecule has 2 nitrogen and oxygen atoms in total. The van der Waals surface area contributed by atoms with Crippen LogP contribution in [0.2, 0.25) is 0 Å². The van der Waals surface area contributed by atoms with Crippen molar-refractivity contribution < 1.29 is 9.53 Å². The summed E-state index contributed by atoms with van der Waals surface area (Å²) in [7, 11) is 0. The Morgan fingerprint density at radius 2 is 2.10 bits per heavy atom. The number of hydrogen-bond donors (Lipinski definition) is 0. The fourth-order valence-corrected chi connectivity index (χ4v) is 3.28. The number of ether oxygens (including phenoxy) is 1. The van der Waals surface area contributed by atoms with E-state index in [-0.39, 0.29) is 5.92 Å². The zero-order valence-electron chi connectivity index (χ0n) is 12.7. The van der Waals surface area contributed by atoms with Crippen LogP contribution >= 0.6 is 0 Å². The van der Waals surface area contributed by atoms with E-state index in [1.54, 1.807) is 0 Å². The molecule has 1 fully saturated rings. The first kappa shape index (κ1) is 15.1. The summed E-state index contributed by atoms with van der Waals surface area (Å²) in [6, 6.07) is 8.00. The Morgan fingerprint density at radius 1 is 1.30 bits per heavy atom. The van der Waals surface area contributed by atoms with Crippen LogP contribution in [0, 0.1) is 18.8 Å². The lowest BCUT2D eigenvalue weighted by molar-refractivity contribution is -0.126. The van der Waals surface area contributed by atoms with Crippen LogP contribution in [0.1, 0.15) is 51.0 Å². The molecule has 1 aromatic rings. The van der Waals surface area contributed by atoms with Crippen LogP contribution in [0.5, 0.6) is 5.75 Å². The minimum atomic E-state index is 0.287. The van der Waals surface area contributed by atoms with Gasteiger partial charge in [0, 0.05) is 12.3 Å². The van der Waals surface area contributed by atoms with E-state index in [2.05, 4.69) is 6.92 Å². The summed E-state index contributed by atoms with van der Waals surface area (Å²) in [4.78, 5) is 12.3. The van der Waals surface area contributed by atoms with Crippen LogP contribution in [0.15, 0.2) is 24.3 Å². The van der Waals surface area contributed by atoms with Gasteiger partial charge in [-0.1, -0.05) is 38.3 Å². The third-order valence-electron chi connectivity index (χ3n) is 4.45. The quantitative estimate of drug-likeness (QED) is 0.760. The maximum Gasteiger partial charge on any atom is 0.139 e. The van der Waals surface area contributed by atoms with Crippen LogP contribution in [0.4, 0.5) is 0 Å². The molecule has 0 radical (unpaired) electrons. The van der Waals surface area contributed by atoms with Crippen molar-refractivity contribution >= 4 is 5.78 Å². The van der Waals surface area contributed by atoms with Gasteiger partial charge in [-0.25, -0.2) is 0 Å². The number of carbonyl (C=O) groups is 1. The van der Waals surface area contributed by atoms with Crippen molar-refractivity contribution in [2.24, 2.45) is 11.8 Å². The third kappa shape index (κ3) is 4.09. The lowest BCUT2D eigenvalue weighted by Crippen LogP contribution is -2.27. The number of benzene rings is 1. The summed E-state index contributed by atoms with van der Waals surface area (Å²) >= 11 is 0. The SMILES string of the molecule is CCC1CCCCC1C(=O)CCOc1cccc(C)c1. The van der Waals surface area contributed by atoms with Gasteiger partial charge in [0.05, 0.1) is 6.61 Å². The minimum Gasteiger partial charge on any atom is -0.493 e. The zero-order valence-corrected chi connectivity index (χ0v) is 12.7. The molecular formula is C18H26O2. The van der Waals surface area contributed by atoms with Crippen molar-refractivity contribution in [1.82, 2.24) is 0 Å². The smallest absolute Gasteiger partial charge is 0.139 e. The van der Waals surface area contributed by atoms with E-state index in [1.807, 2.05) is 31.2 Å². The summed E-state index contributed by atoms with van der Waals surface area (Å²) in [6.07, 6.45) is 6.51. The molecule has 1 aromatic carbocycles. The highest BCUT2D eigenvalue weighted by Crippen LogP contribution is 2.33. The van der Waals surface area contributed by atoms with Crippen molar-refractivity contribution in [3.63, 3.8) is 0 Å². The van der Waals surface area contributed by atoms with E-state index in [9.17, 15) is 4.79 Å². The molecule has 0 saturated heterocycles. The van der Waals surface area contributed by atoms with Crippen LogP contribution < -0.4 is 4.74 Å². The second-order valence-corrected chi connectivity index (χ2v) is 5.94. The predicted molar refractivity (Wildman–Crippen MR) is 82.0 cm³/mol. The predicted octanol–water partition coefficient (Wildman–Crippen LogP) is 4.55. The first-order chi connectivity index (χ1) is 9.70. The summed E-state index contributed by atoms with van der Waals surface area (Å²) in [6.45, 7) is 4.76. The molecule has 0 heterocycles. The van der Waals surface area contributed by atoms with Gasteiger partial charge in [0.15, 0.2) is 0 Å². The maximum atomic E-state index is 12.3. The zero-order chi connectivity index (χ0) is 14.4. The Hall–Kier alpha value is -1.31. The molecule has 1 aliphatic rings. The number of rotatable bonds is 6. The summed E-state index contributed by atoms with van der Waals surface area (Å²) in [5.41, 5.74) is 1.19. The normalized spacial score (nSPS) is 22.5. The minimum absolute atomic E-state index is 0.287. The number of ketones is 1. The lowest BCUT2D eigenvalue weighted by Gasteiger charge is -2.29. The van der Waals surface area contributed by atoms with Gasteiger partial charge in [-0.2, -0.15) is 0 Å². The largest absolute Gasteiger partial charge is 0.493 e. The molecule has 0 N–H and O–H groups in total. The van der Waals surface area contributed by atoms with E-state index in [0.29, 0.717) is 24.7 Å². The van der Waals surface area contributed by atoms with Gasteiger partial charge in [0.25, 0.3) is 0 Å². The Labute approximate surface area is 122 Å². The first-order valence-electron chi connectivity index (χ1n) is 7.93. The number of carbonyl (C=O) groups excluding carboxylic acids is 1. The average Bonchev–Trinajstić information content (AvgIpc) is 2.47. The highest BCUT2D eigenvalue weighted by atomic mass is 16.5. The summed E-state index contributed by atoms with van der Waals surface area (Å²) in [5, 5.41) is 0. The average molecular weight is 274 g/mol. The van der Waals surface area contributed by atoms with Gasteiger partial charge in [0.1, 0.15) is 11.5 Å². The lowest BCUT2D eigenvalue weighted by atomic mass is 9.75. The molecule has 2 atom stereocenters. The molecule has 110 valence electrons. The fourth-order valence-electron chi connectivity index (χ4n) is 3.28. The van der Waals surface area contributed by atoms with Crippen LogP contribution in [0.25, 0.3) is 0 Å². The van der Waals surface area contributed by atoms with E-state index in [1.165, 1.54) is 24.8 Å². The van der Waals surface area contributed by atoms with Gasteiger partial charge in [0.2, 0.25) is 0 Å². The molecule has 2 rings (SSSR count). The Kier molecular flexibility index (Phi) is 5.63. The van der Waals surface area contributed by atoms with E-state index < -0.39 is 0 Å². The molecule has 1 aliphatic carbocycles. The topological polar surface area (TPSA) is 26.3 Å². The highest BCUT2D eigenvalue weighted by Gasteiger charge is 2.28. The van der Waals surface area contributed by atoms with Crippen LogP contribution in [0.3, 0.4) is 0 Å². The summed E-state index contributed by atoms with van der Waals surface area (Å²) in [5.74, 6) is 2.17. The van der Waals surface area contributed by atoms with Gasteiger partial charge in [-0.15, -0.1) is 0 Å². The molecule has 20 heavy (non-hydrogen) atoms. The van der Waals surface area contributed by atoms with Crippen LogP contribution in [-0.4, -0.2) is 12.4 Å². The fraction of sp³-hybridized carbons (Fsp3) is 0.611. The van der Waals surface area contributed by atoms with Crippen molar-refractivity contribution in [3.05, 3.63) is 29.8 Å². The third-order valence-corrected chi connectivity index (χ3v) is 4.45. The van der Waals surface area contributed by atoms with E-state index in [4.69, 9.17) is 4.74 Å². The van der Waals surface area contributed by atoms with Gasteiger partial charge >= 0.3 is 0 Å². The number of aryl methyl sites for hydroxylation is 1. The van der Waals surface area contributed by atoms with Crippen molar-refractivity contribution in [2.75, 3.05) is 6.61 Å².